The van der Waals surface area contributed by atoms with Gasteiger partial charge >= 0.3 is 5.97 Å². The molecule has 2 aromatic heterocycles. The number of rotatable bonds is 3. The van der Waals surface area contributed by atoms with E-state index in [2.05, 4.69) is 25.8 Å². The highest BCUT2D eigenvalue weighted by Gasteiger charge is 2.34. The minimum atomic E-state index is -0.885. The number of nitrogens with one attached hydrogen (secondary N) is 1. The molecule has 0 amide bonds. The number of aromatic amines is 1. The van der Waals surface area contributed by atoms with Crippen molar-refractivity contribution < 1.29 is 23.4 Å². The Morgan fingerprint density at radius 3 is 2.72 bits per heavy atom. The maximum atomic E-state index is 15.6. The first kappa shape index (κ1) is 31.9. The second kappa shape index (κ2) is 12.6. The number of carbonyl (C=O) groups is 1. The number of thioether (sulfide) groups is 1. The van der Waals surface area contributed by atoms with Gasteiger partial charge in [0.15, 0.2) is 11.6 Å². The Labute approximate surface area is 272 Å². The van der Waals surface area contributed by atoms with Crippen LogP contribution in [0.4, 0.5) is 8.78 Å². The molecule has 0 fully saturated rings. The van der Waals surface area contributed by atoms with Crippen LogP contribution in [0.15, 0.2) is 67.0 Å². The molecule has 3 heterocycles. The average Bonchev–Trinajstić information content (AvgIpc) is 3.63. The number of fused-ring (bicyclic) bond motifs is 8. The summed E-state index contributed by atoms with van der Waals surface area (Å²) in [6, 6.07) is 15.5. The van der Waals surface area contributed by atoms with E-state index >= 15 is 8.78 Å². The van der Waals surface area contributed by atoms with Crippen LogP contribution in [0.2, 0.25) is 0 Å². The molecule has 3 aromatic carbocycles. The Bertz CT molecular complexity index is 1910. The van der Waals surface area contributed by atoms with Crippen LogP contribution >= 0.6 is 11.8 Å². The molecule has 46 heavy (non-hydrogen) atoms. The van der Waals surface area contributed by atoms with Gasteiger partial charge in [0.05, 0.1) is 17.7 Å². The van der Waals surface area contributed by atoms with Crippen molar-refractivity contribution >= 4 is 28.6 Å². The molecule has 2 N–H and O–H groups in total. The fourth-order valence-corrected chi connectivity index (χ4v) is 7.75. The minimum Gasteiger partial charge on any atom is -0.481 e. The maximum Gasteiger partial charge on any atom is 0.307 e. The van der Waals surface area contributed by atoms with E-state index in [1.807, 2.05) is 59.9 Å². The number of aryl methyl sites for hydroxylation is 2. The van der Waals surface area contributed by atoms with Crippen LogP contribution in [0.1, 0.15) is 62.4 Å². The van der Waals surface area contributed by atoms with Crippen LogP contribution in [-0.2, 0) is 30.1 Å². The van der Waals surface area contributed by atoms with Gasteiger partial charge in [-0.2, -0.15) is 11.8 Å². The third-order valence-corrected chi connectivity index (χ3v) is 10.6. The van der Waals surface area contributed by atoms with Crippen molar-refractivity contribution in [3.8, 4) is 22.9 Å². The van der Waals surface area contributed by atoms with Crippen LogP contribution in [0, 0.1) is 17.0 Å². The number of ether oxygens (including phenoxy) is 1. The van der Waals surface area contributed by atoms with E-state index in [1.54, 1.807) is 12.3 Å². The van der Waals surface area contributed by atoms with Gasteiger partial charge in [0.25, 0.3) is 0 Å². The van der Waals surface area contributed by atoms with E-state index in [0.29, 0.717) is 23.5 Å². The zero-order chi connectivity index (χ0) is 32.6. The van der Waals surface area contributed by atoms with Gasteiger partial charge in [0.1, 0.15) is 17.4 Å². The number of benzene rings is 3. The summed E-state index contributed by atoms with van der Waals surface area (Å²) in [5.74, 6) is 0.794. The largest absolute Gasteiger partial charge is 0.481 e. The Morgan fingerprint density at radius 1 is 1.09 bits per heavy atom. The number of aromatic nitrogens is 3. The van der Waals surface area contributed by atoms with Gasteiger partial charge in [-0.3, -0.25) is 4.79 Å². The highest BCUT2D eigenvalue weighted by atomic mass is 32.2. The van der Waals surface area contributed by atoms with Crippen LogP contribution in [0.3, 0.4) is 0 Å². The third-order valence-electron chi connectivity index (χ3n) is 9.15. The normalized spacial score (nSPS) is 18.7. The molecule has 5 aromatic rings. The van der Waals surface area contributed by atoms with Gasteiger partial charge in [0, 0.05) is 47.4 Å². The Hall–Kier alpha value is -4.11. The molecule has 0 saturated heterocycles. The lowest BCUT2D eigenvalue weighted by Gasteiger charge is -2.31. The first-order valence-corrected chi connectivity index (χ1v) is 16.8. The van der Waals surface area contributed by atoms with Crippen LogP contribution in [-0.4, -0.2) is 37.1 Å². The van der Waals surface area contributed by atoms with Gasteiger partial charge in [0.2, 0.25) is 0 Å². The Morgan fingerprint density at radius 2 is 1.91 bits per heavy atom. The van der Waals surface area contributed by atoms with E-state index in [0.717, 1.165) is 58.5 Å². The number of aliphatic carboxylic acids is 1. The van der Waals surface area contributed by atoms with E-state index in [4.69, 9.17) is 9.72 Å². The van der Waals surface area contributed by atoms with Crippen molar-refractivity contribution in [2.75, 3.05) is 11.5 Å². The fraction of sp³-hybridized carbons (Fsp3) is 0.351. The number of carboxylic acid groups (broad SMARTS) is 1. The predicted molar refractivity (Wildman–Crippen MR) is 180 cm³/mol. The molecular weight excluding hydrogens is 604 g/mol. The molecular formula is C37H39F2N3O3S. The van der Waals surface area contributed by atoms with Crippen molar-refractivity contribution in [2.45, 2.75) is 58.3 Å². The molecule has 4 bridgehead atoms. The summed E-state index contributed by atoms with van der Waals surface area (Å²) in [7, 11) is 1.83. The lowest BCUT2D eigenvalue weighted by atomic mass is 9.74. The highest BCUT2D eigenvalue weighted by Crippen LogP contribution is 2.42. The van der Waals surface area contributed by atoms with E-state index in [1.165, 1.54) is 18.2 Å². The SMILES string of the molecule is Cn1cc2nc1-c1cc(ccc1F)Oc1c(F)cc3[nH]ccc3c1CCSCC(C)(C)CCCC2(C)c1cccc(CC(=O)O)c1. The van der Waals surface area contributed by atoms with Crippen LogP contribution in [0.5, 0.6) is 11.5 Å². The second-order valence-electron chi connectivity index (χ2n) is 13.3. The van der Waals surface area contributed by atoms with Crippen molar-refractivity contribution in [1.82, 2.24) is 14.5 Å². The van der Waals surface area contributed by atoms with Gasteiger partial charge in [-0.05, 0) is 78.5 Å². The smallest absolute Gasteiger partial charge is 0.307 e. The second-order valence-corrected chi connectivity index (χ2v) is 14.4. The molecule has 240 valence electrons. The third kappa shape index (κ3) is 6.43. The standard InChI is InChI=1S/C37H39F2N3O3S/c1-36(2)13-6-14-37(3,24-8-5-7-23(17-24)18-33(43)44)32-21-42(4)35(41-32)28-19-25(9-10-29(28)38)45-34-27(12-16-46-22-36)26-11-15-40-31(26)20-30(34)39/h5,7-11,15,17,19-21,40H,6,12-14,16,18,22H2,1-4H3,(H,43,44). The average molecular weight is 644 g/mol. The molecule has 9 heteroatoms. The number of H-pyrrole nitrogens is 1. The van der Waals surface area contributed by atoms with Crippen molar-refractivity contribution in [3.05, 3.63) is 101 Å². The lowest BCUT2D eigenvalue weighted by Crippen LogP contribution is -2.26. The summed E-state index contributed by atoms with van der Waals surface area (Å²) in [5, 5.41) is 10.4. The molecule has 0 radical (unpaired) electrons. The van der Waals surface area contributed by atoms with Gasteiger partial charge < -0.3 is 19.4 Å². The van der Waals surface area contributed by atoms with Gasteiger partial charge in [-0.1, -0.05) is 44.5 Å². The molecule has 1 unspecified atom stereocenters. The topological polar surface area (TPSA) is 80.1 Å². The Kier molecular flexibility index (Phi) is 8.72. The molecule has 1 atom stereocenters. The summed E-state index contributed by atoms with van der Waals surface area (Å²) in [4.78, 5) is 19.7. The number of hydrogen-bond acceptors (Lipinski definition) is 4. The van der Waals surface area contributed by atoms with E-state index < -0.39 is 23.0 Å². The molecule has 6 rings (SSSR count). The van der Waals surface area contributed by atoms with Crippen molar-refractivity contribution in [1.29, 1.82) is 0 Å². The van der Waals surface area contributed by atoms with Crippen LogP contribution < -0.4 is 4.74 Å². The fourth-order valence-electron chi connectivity index (χ4n) is 6.56. The summed E-state index contributed by atoms with van der Waals surface area (Å²) < 4.78 is 39.2. The van der Waals surface area contributed by atoms with Crippen molar-refractivity contribution in [2.24, 2.45) is 12.5 Å². The molecule has 6 nitrogen and oxygen atoms in total. The zero-order valence-corrected chi connectivity index (χ0v) is 27.4. The number of nitrogens with zero attached hydrogens (tertiary/aromatic N) is 2. The summed E-state index contributed by atoms with van der Waals surface area (Å²) >= 11 is 1.85. The monoisotopic (exact) mass is 643 g/mol. The first-order chi connectivity index (χ1) is 21.9. The van der Waals surface area contributed by atoms with E-state index in [9.17, 15) is 9.90 Å². The number of carboxylic acids is 1. The zero-order valence-electron chi connectivity index (χ0n) is 26.6. The Balaban J connectivity index is 1.48. The van der Waals surface area contributed by atoms with Gasteiger partial charge in [-0.25, -0.2) is 13.8 Å². The summed E-state index contributed by atoms with van der Waals surface area (Å²) in [6.07, 6.45) is 6.93. The summed E-state index contributed by atoms with van der Waals surface area (Å²) in [6.45, 7) is 6.69. The number of hydrogen-bond donors (Lipinski definition) is 2. The number of halogens is 2. The predicted octanol–water partition coefficient (Wildman–Crippen LogP) is 9.06. The van der Waals surface area contributed by atoms with E-state index in [-0.39, 0.29) is 23.1 Å². The van der Waals surface area contributed by atoms with Gasteiger partial charge in [-0.15, -0.1) is 0 Å². The molecule has 0 saturated carbocycles. The summed E-state index contributed by atoms with van der Waals surface area (Å²) in [5.41, 5.74) is 3.68. The minimum absolute atomic E-state index is 0.0443. The molecule has 1 aliphatic heterocycles. The molecule has 1 aliphatic rings. The van der Waals surface area contributed by atoms with Crippen molar-refractivity contribution in [3.63, 3.8) is 0 Å². The maximum absolute atomic E-state index is 15.6. The molecule has 0 spiro atoms. The number of imidazole rings is 1. The lowest BCUT2D eigenvalue weighted by molar-refractivity contribution is -0.136. The quantitative estimate of drug-likeness (QED) is 0.205. The van der Waals surface area contributed by atoms with Crippen LogP contribution in [0.25, 0.3) is 22.3 Å². The first-order valence-electron chi connectivity index (χ1n) is 15.6. The highest BCUT2D eigenvalue weighted by molar-refractivity contribution is 7.99. The molecule has 0 aliphatic carbocycles.